The summed E-state index contributed by atoms with van der Waals surface area (Å²) in [5.74, 6) is -0.493. The summed E-state index contributed by atoms with van der Waals surface area (Å²) in [5, 5.41) is 0.568. The monoisotopic (exact) mass is 357 g/mol. The second kappa shape index (κ2) is 9.74. The molecule has 0 aromatic heterocycles. The van der Waals surface area contributed by atoms with Crippen molar-refractivity contribution in [1.82, 2.24) is 15.8 Å². The lowest BCUT2D eigenvalue weighted by molar-refractivity contribution is -0.862. The minimum absolute atomic E-state index is 0.0535. The quantitative estimate of drug-likeness (QED) is 0.516. The lowest BCUT2D eigenvalue weighted by atomic mass is 10.3. The molecule has 132 valence electrons. The number of halogens is 1. The summed E-state index contributed by atoms with van der Waals surface area (Å²) in [6.07, 6.45) is 0. The number of benzene rings is 1. The summed E-state index contributed by atoms with van der Waals surface area (Å²) in [4.78, 5) is 37.0. The maximum Gasteiger partial charge on any atom is 0.293 e. The molecule has 24 heavy (non-hydrogen) atoms. The number of nitrogens with zero attached hydrogens (tertiary/aromatic N) is 1. The van der Waals surface area contributed by atoms with Gasteiger partial charge < -0.3 is 14.5 Å². The van der Waals surface area contributed by atoms with Crippen molar-refractivity contribution in [3.05, 3.63) is 29.3 Å². The van der Waals surface area contributed by atoms with Gasteiger partial charge in [-0.05, 0) is 24.3 Å². The highest BCUT2D eigenvalue weighted by atomic mass is 35.5. The molecule has 0 saturated heterocycles. The lowest BCUT2D eigenvalue weighted by Crippen LogP contribution is -3.11. The lowest BCUT2D eigenvalue weighted by Gasteiger charge is -2.16. The van der Waals surface area contributed by atoms with Crippen LogP contribution in [0.4, 0.5) is 0 Å². The Balaban J connectivity index is 2.24. The summed E-state index contributed by atoms with van der Waals surface area (Å²) in [5.41, 5.74) is 4.52. The number of likely N-dealkylation sites (N-methyl/N-ethyl adjacent to an activating group) is 2. The molecule has 0 spiro atoms. The second-order valence-corrected chi connectivity index (χ2v) is 5.87. The maximum atomic E-state index is 11.7. The molecular weight excluding hydrogens is 336 g/mol. The van der Waals surface area contributed by atoms with E-state index in [1.165, 1.54) is 4.90 Å². The first-order valence-electron chi connectivity index (χ1n) is 7.25. The normalized spacial score (nSPS) is 11.3. The third-order valence-electron chi connectivity index (χ3n) is 2.94. The second-order valence-electron chi connectivity index (χ2n) is 5.44. The van der Waals surface area contributed by atoms with Crippen LogP contribution in [-0.4, -0.2) is 63.5 Å². The minimum atomic E-state index is -0.500. The molecule has 0 aliphatic carbocycles. The van der Waals surface area contributed by atoms with Crippen LogP contribution in [0.25, 0.3) is 0 Å². The van der Waals surface area contributed by atoms with Crippen LogP contribution in [0.3, 0.4) is 0 Å². The predicted molar refractivity (Wildman–Crippen MR) is 88.5 cm³/mol. The summed E-state index contributed by atoms with van der Waals surface area (Å²) >= 11 is 5.74. The number of hydrazine groups is 1. The van der Waals surface area contributed by atoms with E-state index in [9.17, 15) is 14.4 Å². The molecular formula is C15H22ClN4O4+. The fourth-order valence-corrected chi connectivity index (χ4v) is 1.78. The number of carbonyl (C=O) groups is 3. The van der Waals surface area contributed by atoms with Crippen LogP contribution in [0, 0.1) is 0 Å². The van der Waals surface area contributed by atoms with Gasteiger partial charge in [0.25, 0.3) is 17.7 Å². The van der Waals surface area contributed by atoms with Gasteiger partial charge in [-0.2, -0.15) is 0 Å². The number of hydrogen-bond acceptors (Lipinski definition) is 4. The van der Waals surface area contributed by atoms with E-state index in [-0.39, 0.29) is 25.6 Å². The van der Waals surface area contributed by atoms with Crippen LogP contribution in [0.15, 0.2) is 24.3 Å². The number of hydrogen-bond donors (Lipinski definition) is 3. The number of quaternary nitrogens is 1. The van der Waals surface area contributed by atoms with E-state index in [1.807, 2.05) is 0 Å². The van der Waals surface area contributed by atoms with Crippen molar-refractivity contribution in [2.24, 2.45) is 0 Å². The Labute approximate surface area is 145 Å². The van der Waals surface area contributed by atoms with Crippen molar-refractivity contribution in [3.63, 3.8) is 0 Å². The summed E-state index contributed by atoms with van der Waals surface area (Å²) < 4.78 is 5.24. The van der Waals surface area contributed by atoms with Gasteiger partial charge in [-0.1, -0.05) is 11.6 Å². The van der Waals surface area contributed by atoms with Crippen LogP contribution in [0.1, 0.15) is 0 Å². The fraction of sp³-hybridized carbons (Fsp3) is 0.400. The molecule has 0 heterocycles. The zero-order valence-electron chi connectivity index (χ0n) is 13.9. The zero-order chi connectivity index (χ0) is 18.1. The smallest absolute Gasteiger partial charge is 0.293 e. The van der Waals surface area contributed by atoms with Crippen molar-refractivity contribution < 1.29 is 24.0 Å². The molecule has 9 heteroatoms. The molecule has 3 N–H and O–H groups in total. The Bertz CT molecular complexity index is 577. The molecule has 0 radical (unpaired) electrons. The van der Waals surface area contributed by atoms with Gasteiger partial charge in [0.2, 0.25) is 0 Å². The number of rotatable bonds is 7. The molecule has 1 rings (SSSR count). The Morgan fingerprint density at radius 2 is 1.67 bits per heavy atom. The van der Waals surface area contributed by atoms with E-state index in [0.717, 1.165) is 0 Å². The van der Waals surface area contributed by atoms with Gasteiger partial charge in [0.05, 0.1) is 7.05 Å². The third kappa shape index (κ3) is 7.80. The highest BCUT2D eigenvalue weighted by Gasteiger charge is 2.15. The van der Waals surface area contributed by atoms with E-state index in [2.05, 4.69) is 10.9 Å². The molecule has 8 nitrogen and oxygen atoms in total. The Morgan fingerprint density at radius 3 is 2.25 bits per heavy atom. The van der Waals surface area contributed by atoms with Crippen molar-refractivity contribution in [3.8, 4) is 5.75 Å². The van der Waals surface area contributed by atoms with Gasteiger partial charge in [-0.15, -0.1) is 0 Å². The topological polar surface area (TPSA) is 92.2 Å². The first kappa shape index (κ1) is 19.7. The van der Waals surface area contributed by atoms with E-state index in [1.54, 1.807) is 45.4 Å². The molecule has 1 aromatic carbocycles. The Kier molecular flexibility index (Phi) is 8.00. The molecule has 1 unspecified atom stereocenters. The standard InChI is InChI=1S/C15H21ClN4O4/c1-19(2)15(23)9-20(3)8-13(21)17-18-14(22)10-24-12-6-4-11(16)5-7-12/h4-7H,8-10H2,1-3H3,(H,17,21)(H,18,22)/p+1. The molecule has 0 bridgehead atoms. The fourth-order valence-electron chi connectivity index (χ4n) is 1.65. The van der Waals surface area contributed by atoms with Gasteiger partial charge in [-0.25, -0.2) is 0 Å². The molecule has 0 fully saturated rings. The average molecular weight is 358 g/mol. The minimum Gasteiger partial charge on any atom is -0.484 e. The van der Waals surface area contributed by atoms with Gasteiger partial charge >= 0.3 is 0 Å². The first-order valence-corrected chi connectivity index (χ1v) is 7.63. The molecule has 0 saturated carbocycles. The summed E-state index contributed by atoms with van der Waals surface area (Å²) in [6.45, 7) is -0.00430. The number of carbonyl (C=O) groups excluding carboxylic acids is 3. The van der Waals surface area contributed by atoms with E-state index >= 15 is 0 Å². The molecule has 3 amide bonds. The molecule has 0 aliphatic rings. The largest absolute Gasteiger partial charge is 0.484 e. The first-order chi connectivity index (χ1) is 11.3. The third-order valence-corrected chi connectivity index (χ3v) is 3.19. The highest BCUT2D eigenvalue weighted by Crippen LogP contribution is 2.15. The van der Waals surface area contributed by atoms with Gasteiger partial charge in [0, 0.05) is 19.1 Å². The van der Waals surface area contributed by atoms with Crippen molar-refractivity contribution in [2.45, 2.75) is 0 Å². The summed E-state index contributed by atoms with van der Waals surface area (Å²) in [7, 11) is 5.01. The molecule has 1 aromatic rings. The van der Waals surface area contributed by atoms with E-state index in [0.29, 0.717) is 15.7 Å². The average Bonchev–Trinajstić information content (AvgIpc) is 2.52. The number of amides is 3. The summed E-state index contributed by atoms with van der Waals surface area (Å²) in [6, 6.07) is 6.55. The van der Waals surface area contributed by atoms with Crippen LogP contribution < -0.4 is 20.5 Å². The maximum absolute atomic E-state index is 11.7. The van der Waals surface area contributed by atoms with Crippen molar-refractivity contribution >= 4 is 29.3 Å². The molecule has 1 atom stereocenters. The van der Waals surface area contributed by atoms with Crippen molar-refractivity contribution in [1.29, 1.82) is 0 Å². The van der Waals surface area contributed by atoms with Crippen molar-refractivity contribution in [2.75, 3.05) is 40.8 Å². The Hall–Kier alpha value is -2.32. The van der Waals surface area contributed by atoms with Crippen LogP contribution in [0.5, 0.6) is 5.75 Å². The van der Waals surface area contributed by atoms with Crippen LogP contribution >= 0.6 is 11.6 Å². The highest BCUT2D eigenvalue weighted by molar-refractivity contribution is 6.30. The van der Waals surface area contributed by atoms with Gasteiger partial charge in [0.1, 0.15) is 5.75 Å². The van der Waals surface area contributed by atoms with Gasteiger partial charge in [0.15, 0.2) is 19.7 Å². The van der Waals surface area contributed by atoms with Crippen LogP contribution in [0.2, 0.25) is 5.02 Å². The SMILES string of the molecule is CN(C)C(=O)C[NH+](C)CC(=O)NNC(=O)COc1ccc(Cl)cc1. The van der Waals surface area contributed by atoms with Gasteiger partial charge in [-0.3, -0.25) is 25.2 Å². The Morgan fingerprint density at radius 1 is 1.08 bits per heavy atom. The van der Waals surface area contributed by atoms with Crippen LogP contribution in [-0.2, 0) is 14.4 Å². The number of ether oxygens (including phenoxy) is 1. The van der Waals surface area contributed by atoms with E-state index < -0.39 is 11.8 Å². The number of nitrogens with one attached hydrogen (secondary N) is 3. The predicted octanol–water partition coefficient (Wildman–Crippen LogP) is -1.53. The zero-order valence-corrected chi connectivity index (χ0v) is 14.6. The molecule has 0 aliphatic heterocycles. The van der Waals surface area contributed by atoms with E-state index in [4.69, 9.17) is 16.3 Å².